The summed E-state index contributed by atoms with van der Waals surface area (Å²) in [6, 6.07) is 19.1. The van der Waals surface area contributed by atoms with Gasteiger partial charge in [-0.1, -0.05) is 23.9 Å². The zero-order chi connectivity index (χ0) is 23.5. The lowest BCUT2D eigenvalue weighted by atomic mass is 10.2. The smallest absolute Gasteiger partial charge is 0.303 e. The van der Waals surface area contributed by atoms with Crippen LogP contribution in [0.15, 0.2) is 76.9 Å². The molecule has 172 valence electrons. The Bertz CT molecular complexity index is 1330. The van der Waals surface area contributed by atoms with Gasteiger partial charge in [0.15, 0.2) is 12.4 Å². The van der Waals surface area contributed by atoms with Crippen LogP contribution < -0.4 is 9.47 Å². The Morgan fingerprint density at radius 3 is 2.71 bits per heavy atom. The number of para-hydroxylation sites is 1. The second-order valence-corrected chi connectivity index (χ2v) is 10.5. The van der Waals surface area contributed by atoms with Crippen LogP contribution in [0.2, 0.25) is 0 Å². The van der Waals surface area contributed by atoms with E-state index in [1.165, 1.54) is 20.3 Å². The van der Waals surface area contributed by atoms with Crippen molar-refractivity contribution >= 4 is 51.0 Å². The van der Waals surface area contributed by atoms with Gasteiger partial charge in [0.1, 0.15) is 11.6 Å². The molecule has 5 rings (SSSR count). The summed E-state index contributed by atoms with van der Waals surface area (Å²) in [7, 11) is 2.11. The first-order valence-electron chi connectivity index (χ1n) is 11.4. The number of fused-ring (bicyclic) bond motifs is 2. The number of thioether (sulfide) groups is 1. The van der Waals surface area contributed by atoms with Crippen LogP contribution in [0.1, 0.15) is 31.2 Å². The lowest BCUT2D eigenvalue weighted by molar-refractivity contribution is -0.697. The first-order chi connectivity index (χ1) is 16.6. The third-order valence-corrected chi connectivity index (χ3v) is 8.15. The van der Waals surface area contributed by atoms with E-state index in [0.29, 0.717) is 0 Å². The number of rotatable bonds is 8. The number of aryl methyl sites for hydroxylation is 1. The van der Waals surface area contributed by atoms with Gasteiger partial charge in [-0.3, -0.25) is 4.79 Å². The molecule has 7 heteroatoms. The van der Waals surface area contributed by atoms with Gasteiger partial charge in [-0.15, -0.1) is 11.3 Å². The molecule has 1 aliphatic rings. The third kappa shape index (κ3) is 5.00. The van der Waals surface area contributed by atoms with Gasteiger partial charge in [0, 0.05) is 42.5 Å². The first kappa shape index (κ1) is 22.6. The normalized spacial score (nSPS) is 14.1. The quantitative estimate of drug-likeness (QED) is 0.229. The summed E-state index contributed by atoms with van der Waals surface area (Å²) in [6.45, 7) is 0.908. The second kappa shape index (κ2) is 9.99. The molecule has 0 saturated carbocycles. The SMILES string of the molecule is CN1C(=Cc2cc[n+](CCCCCC(=O)O)cc2)Sc2cc(-c3nc4ccccc4s3)ccc21. The predicted molar refractivity (Wildman–Crippen MR) is 140 cm³/mol. The number of nitrogens with zero attached hydrogens (tertiary/aromatic N) is 3. The highest BCUT2D eigenvalue weighted by atomic mass is 32.2. The number of thiazole rings is 1. The lowest BCUT2D eigenvalue weighted by Crippen LogP contribution is -2.32. The standard InChI is InChI=1S/C27H25N3O2S2/c1-29-22-11-10-20(27-28-21-7-4-5-8-23(21)34-27)18-24(22)33-25(29)17-19-12-15-30(16-13-19)14-6-2-3-9-26(31)32/h4-5,7-8,10-13,15-18H,2-3,6,9,14H2,1H3/p+1. The van der Waals surface area contributed by atoms with E-state index in [9.17, 15) is 4.79 Å². The molecule has 0 unspecified atom stereocenters. The molecule has 0 amide bonds. The molecule has 1 N–H and O–H groups in total. The average molecular weight is 489 g/mol. The Balaban J connectivity index is 1.26. The van der Waals surface area contributed by atoms with E-state index in [-0.39, 0.29) is 6.42 Å². The van der Waals surface area contributed by atoms with Gasteiger partial charge in [-0.2, -0.15) is 0 Å². The van der Waals surface area contributed by atoms with Gasteiger partial charge < -0.3 is 10.0 Å². The number of unbranched alkanes of at least 4 members (excludes halogenated alkanes) is 2. The Morgan fingerprint density at radius 2 is 1.91 bits per heavy atom. The number of carboxylic acid groups (broad SMARTS) is 1. The number of hydrogen-bond acceptors (Lipinski definition) is 5. The van der Waals surface area contributed by atoms with Gasteiger partial charge >= 0.3 is 5.97 Å². The first-order valence-corrected chi connectivity index (χ1v) is 13.0. The van der Waals surface area contributed by atoms with Crippen molar-refractivity contribution < 1.29 is 14.5 Å². The van der Waals surface area contributed by atoms with Crippen molar-refractivity contribution in [1.82, 2.24) is 4.98 Å². The minimum Gasteiger partial charge on any atom is -0.481 e. The highest BCUT2D eigenvalue weighted by Crippen LogP contribution is 2.47. The van der Waals surface area contributed by atoms with Crippen molar-refractivity contribution in [1.29, 1.82) is 0 Å². The van der Waals surface area contributed by atoms with Crippen molar-refractivity contribution in [2.45, 2.75) is 37.1 Å². The Kier molecular flexibility index (Phi) is 6.65. The fourth-order valence-electron chi connectivity index (χ4n) is 4.03. The molecule has 34 heavy (non-hydrogen) atoms. The highest BCUT2D eigenvalue weighted by molar-refractivity contribution is 8.03. The van der Waals surface area contributed by atoms with E-state index in [2.05, 4.69) is 83.5 Å². The molecule has 5 nitrogen and oxygen atoms in total. The molecule has 2 aromatic heterocycles. The van der Waals surface area contributed by atoms with E-state index in [1.54, 1.807) is 23.1 Å². The Labute approximate surface area is 207 Å². The highest BCUT2D eigenvalue weighted by Gasteiger charge is 2.23. The van der Waals surface area contributed by atoms with Crippen molar-refractivity contribution in [3.63, 3.8) is 0 Å². The van der Waals surface area contributed by atoms with Crippen molar-refractivity contribution in [3.05, 3.63) is 77.6 Å². The van der Waals surface area contributed by atoms with Gasteiger partial charge in [0.05, 0.1) is 20.9 Å². The van der Waals surface area contributed by atoms with Crippen LogP contribution in [0.4, 0.5) is 5.69 Å². The summed E-state index contributed by atoms with van der Waals surface area (Å²) >= 11 is 3.52. The topological polar surface area (TPSA) is 57.3 Å². The maximum absolute atomic E-state index is 10.6. The van der Waals surface area contributed by atoms with Crippen LogP contribution in [0.3, 0.4) is 0 Å². The van der Waals surface area contributed by atoms with E-state index < -0.39 is 5.97 Å². The van der Waals surface area contributed by atoms with Crippen molar-refractivity contribution in [3.8, 4) is 10.6 Å². The fourth-order valence-corrected chi connectivity index (χ4v) is 6.14. The molecular formula is C27H26N3O2S2+. The van der Waals surface area contributed by atoms with Crippen molar-refractivity contribution in [2.24, 2.45) is 0 Å². The minimum absolute atomic E-state index is 0.257. The molecule has 0 atom stereocenters. The van der Waals surface area contributed by atoms with Gasteiger partial charge in [-0.25, -0.2) is 9.55 Å². The van der Waals surface area contributed by atoms with E-state index in [4.69, 9.17) is 10.1 Å². The zero-order valence-electron chi connectivity index (χ0n) is 19.0. The lowest BCUT2D eigenvalue weighted by Gasteiger charge is -2.13. The van der Waals surface area contributed by atoms with Crippen LogP contribution in [0, 0.1) is 0 Å². The van der Waals surface area contributed by atoms with Gasteiger partial charge in [0.25, 0.3) is 0 Å². The van der Waals surface area contributed by atoms with E-state index in [0.717, 1.165) is 47.5 Å². The maximum Gasteiger partial charge on any atom is 0.303 e. The third-order valence-electron chi connectivity index (χ3n) is 5.92. The zero-order valence-corrected chi connectivity index (χ0v) is 20.6. The molecule has 1 aliphatic heterocycles. The van der Waals surface area contributed by atoms with Crippen LogP contribution in [0.25, 0.3) is 26.9 Å². The van der Waals surface area contributed by atoms with Crippen LogP contribution >= 0.6 is 23.1 Å². The number of carbonyl (C=O) groups is 1. The Morgan fingerprint density at radius 1 is 1.09 bits per heavy atom. The molecule has 0 aliphatic carbocycles. The molecule has 0 saturated heterocycles. The number of pyridine rings is 1. The molecule has 0 radical (unpaired) electrons. The molecule has 4 aromatic rings. The Hall–Kier alpha value is -3.16. The summed E-state index contributed by atoms with van der Waals surface area (Å²) in [5.74, 6) is -0.713. The van der Waals surface area contributed by atoms with Crippen LogP contribution in [-0.2, 0) is 11.3 Å². The maximum atomic E-state index is 10.6. The van der Waals surface area contributed by atoms with Gasteiger partial charge in [-0.05, 0) is 54.8 Å². The number of benzene rings is 2. The second-order valence-electron chi connectivity index (χ2n) is 8.39. The fraction of sp³-hybridized carbons (Fsp3) is 0.222. The number of hydrogen-bond donors (Lipinski definition) is 1. The largest absolute Gasteiger partial charge is 0.481 e. The molecule has 0 fully saturated rings. The van der Waals surface area contributed by atoms with E-state index in [1.807, 2.05) is 6.07 Å². The van der Waals surface area contributed by atoms with E-state index >= 15 is 0 Å². The summed E-state index contributed by atoms with van der Waals surface area (Å²) in [5, 5.41) is 11.0. The molecule has 0 spiro atoms. The molecule has 0 bridgehead atoms. The molecular weight excluding hydrogens is 462 g/mol. The number of aliphatic carboxylic acids is 1. The molecule has 2 aromatic carbocycles. The van der Waals surface area contributed by atoms with Gasteiger partial charge in [0.2, 0.25) is 0 Å². The summed E-state index contributed by atoms with van der Waals surface area (Å²) < 4.78 is 3.37. The number of aromatic nitrogens is 2. The minimum atomic E-state index is -0.713. The van der Waals surface area contributed by atoms with Crippen LogP contribution in [-0.4, -0.2) is 23.1 Å². The van der Waals surface area contributed by atoms with Crippen LogP contribution in [0.5, 0.6) is 0 Å². The molecule has 3 heterocycles. The van der Waals surface area contributed by atoms with Crippen molar-refractivity contribution in [2.75, 3.05) is 11.9 Å². The monoisotopic (exact) mass is 488 g/mol. The average Bonchev–Trinajstić information content (AvgIpc) is 3.41. The predicted octanol–water partition coefficient (Wildman–Crippen LogP) is 6.44. The summed E-state index contributed by atoms with van der Waals surface area (Å²) in [6.07, 6.45) is 9.34. The number of anilines is 1. The summed E-state index contributed by atoms with van der Waals surface area (Å²) in [5.41, 5.74) is 4.59. The number of carboxylic acids is 1. The summed E-state index contributed by atoms with van der Waals surface area (Å²) in [4.78, 5) is 18.9.